The number of ether oxygens (including phenoxy) is 3. The number of cyclic esters (lactones) is 1. The summed E-state index contributed by atoms with van der Waals surface area (Å²) in [4.78, 5) is 79.7. The number of non-ortho nitro benzene ring substituents is 1. The van der Waals surface area contributed by atoms with Gasteiger partial charge < -0.3 is 29.3 Å². The van der Waals surface area contributed by atoms with Crippen molar-refractivity contribution < 1.29 is 48.5 Å². The Bertz CT molecular complexity index is 2940. The fourth-order valence-electron chi connectivity index (χ4n) is 12.1. The minimum atomic E-state index is -2.13. The second kappa shape index (κ2) is 21.6. The number of aliphatic hydroxyl groups is 2. The van der Waals surface area contributed by atoms with E-state index in [0.717, 1.165) is 55.4 Å². The van der Waals surface area contributed by atoms with E-state index in [1.165, 1.54) is 24.3 Å². The number of hydrogen-bond acceptors (Lipinski definition) is 12. The third kappa shape index (κ3) is 9.42. The third-order valence-corrected chi connectivity index (χ3v) is 15.5. The summed E-state index contributed by atoms with van der Waals surface area (Å²) in [5.74, 6) is 3.16. The molecule has 5 aromatic rings. The zero-order valence-corrected chi connectivity index (χ0v) is 41.2. The first kappa shape index (κ1) is 50.2. The van der Waals surface area contributed by atoms with Gasteiger partial charge in [0.2, 0.25) is 11.8 Å². The molecule has 5 aliphatic rings. The first-order chi connectivity index (χ1) is 36.0. The zero-order chi connectivity index (χ0) is 51.4. The number of nitro groups is 1. The van der Waals surface area contributed by atoms with Gasteiger partial charge in [0.25, 0.3) is 5.69 Å². The van der Waals surface area contributed by atoms with Crippen molar-refractivity contribution in [3.63, 3.8) is 0 Å². The molecule has 5 aromatic carbocycles. The van der Waals surface area contributed by atoms with Crippen LogP contribution in [0.1, 0.15) is 122 Å². The van der Waals surface area contributed by atoms with Crippen molar-refractivity contribution in [3.05, 3.63) is 171 Å². The Kier molecular flexibility index (Phi) is 14.6. The van der Waals surface area contributed by atoms with E-state index in [9.17, 15) is 20.3 Å². The fourth-order valence-corrected chi connectivity index (χ4v) is 12.1. The Balaban J connectivity index is 1.25. The average Bonchev–Trinajstić information content (AvgIpc) is 3.76. The molecule has 3 amide bonds. The van der Waals surface area contributed by atoms with Crippen LogP contribution in [0.3, 0.4) is 0 Å². The molecular formula is C59H60N4O11. The van der Waals surface area contributed by atoms with Crippen LogP contribution >= 0.6 is 0 Å². The molecule has 1 saturated carbocycles. The van der Waals surface area contributed by atoms with Crippen molar-refractivity contribution in [2.45, 2.75) is 112 Å². The second-order valence-electron chi connectivity index (χ2n) is 20.0. The lowest BCUT2D eigenvalue weighted by Crippen LogP contribution is -2.56. The van der Waals surface area contributed by atoms with Gasteiger partial charge in [0.15, 0.2) is 0 Å². The van der Waals surface area contributed by atoms with Gasteiger partial charge in [-0.2, -0.15) is 0 Å². The Morgan fingerprint density at radius 3 is 2.08 bits per heavy atom. The first-order valence-corrected chi connectivity index (χ1v) is 25.9. The molecular weight excluding hydrogens is 941 g/mol. The van der Waals surface area contributed by atoms with Gasteiger partial charge in [-0.3, -0.25) is 29.4 Å². The van der Waals surface area contributed by atoms with Gasteiger partial charge in [0, 0.05) is 36.3 Å². The molecule has 10 rings (SSSR count). The van der Waals surface area contributed by atoms with Gasteiger partial charge in [-0.15, -0.1) is 0 Å². The number of benzene rings is 5. The highest BCUT2D eigenvalue weighted by molar-refractivity contribution is 6.23. The Morgan fingerprint density at radius 2 is 1.41 bits per heavy atom. The van der Waals surface area contributed by atoms with Crippen LogP contribution in [0.4, 0.5) is 16.2 Å². The van der Waals surface area contributed by atoms with Gasteiger partial charge in [0.1, 0.15) is 42.1 Å². The molecule has 382 valence electrons. The highest BCUT2D eigenvalue weighted by atomic mass is 16.6. The summed E-state index contributed by atoms with van der Waals surface area (Å²) in [6.07, 6.45) is 6.69. The number of carbonyl (C=O) groups excluding carboxylic acids is 4. The summed E-state index contributed by atoms with van der Waals surface area (Å²) >= 11 is 0. The number of hydrogen-bond donors (Lipinski definition) is 2. The minimum absolute atomic E-state index is 0.107. The van der Waals surface area contributed by atoms with E-state index in [1.54, 1.807) is 47.4 Å². The number of imide groups is 1. The number of amides is 3. The van der Waals surface area contributed by atoms with E-state index in [2.05, 4.69) is 11.8 Å². The van der Waals surface area contributed by atoms with Gasteiger partial charge in [0.05, 0.1) is 35.2 Å². The number of carbonyl (C=O) groups is 4. The van der Waals surface area contributed by atoms with Crippen molar-refractivity contribution in [2.24, 2.45) is 5.92 Å². The number of fused-ring (bicyclic) bond motifs is 3. The van der Waals surface area contributed by atoms with Crippen LogP contribution in [-0.4, -0.2) is 86.8 Å². The molecule has 6 unspecified atom stereocenters. The molecule has 2 N–H and O–H groups in total. The number of aliphatic hydroxyl groups excluding tert-OH is 1. The molecule has 0 radical (unpaired) electrons. The Morgan fingerprint density at radius 1 is 0.770 bits per heavy atom. The molecule has 4 fully saturated rings. The largest absolute Gasteiger partial charge is 0.491 e. The number of nitrogens with zero attached hydrogens (tertiary/aromatic N) is 4. The normalized spacial score (nSPS) is 24.5. The summed E-state index contributed by atoms with van der Waals surface area (Å²) in [6.45, 7) is -0.0875. The van der Waals surface area contributed by atoms with Gasteiger partial charge in [-0.25, -0.2) is 9.69 Å². The molecule has 15 nitrogen and oxygen atoms in total. The van der Waals surface area contributed by atoms with E-state index < -0.39 is 70.0 Å². The molecule has 1 spiro atoms. The van der Waals surface area contributed by atoms with Crippen molar-refractivity contribution >= 4 is 35.3 Å². The topological polar surface area (TPSA) is 189 Å². The molecule has 4 heterocycles. The summed E-state index contributed by atoms with van der Waals surface area (Å²) < 4.78 is 19.0. The standard InChI is InChI=1S/C59H60N4O11/c64-36-37-72-48-23-13-12-22-45(48)53-59(49(54(65)60-34-16-4-1-5-17-35-60)51-55(66)74-52(43-20-10-7-11-21-43)50(62(51)53)42-18-8-6-9-19-42)46-38-40(30-33-58(69)31-14-2-3-15-32-58)26-29-47(46)61(56(59)67)57(68)73-39-41-24-27-44(28-25-41)63(70)71/h6-13,18-29,38,49-53,64,69H,1-5,14-17,31-32,34-37,39H2. The fraction of sp³-hybridized carbons (Fsp3) is 0.390. The SMILES string of the molecule is O=C1OC(c2ccccc2)C(c2ccccc2)N2C1C(C(=O)N1CCCCCCC1)C1(C(=O)N(C(=O)OCc3ccc([N+](=O)[O-])cc3)c3ccc(C#CC4(O)CCCCCC4)cc31)C2c1ccccc1OCCO. The van der Waals surface area contributed by atoms with Crippen LogP contribution in [0.5, 0.6) is 5.75 Å². The maximum atomic E-state index is 16.9. The number of esters is 1. The lowest BCUT2D eigenvalue weighted by Gasteiger charge is -2.46. The molecule has 74 heavy (non-hydrogen) atoms. The molecule has 4 aliphatic heterocycles. The van der Waals surface area contributed by atoms with Crippen LogP contribution in [0.2, 0.25) is 0 Å². The molecule has 6 atom stereocenters. The monoisotopic (exact) mass is 1000 g/mol. The molecule has 3 saturated heterocycles. The van der Waals surface area contributed by atoms with Gasteiger partial charge in [-0.1, -0.05) is 123 Å². The van der Waals surface area contributed by atoms with Crippen LogP contribution in [0.25, 0.3) is 0 Å². The predicted octanol–water partition coefficient (Wildman–Crippen LogP) is 9.20. The van der Waals surface area contributed by atoms with Crippen LogP contribution in [0.15, 0.2) is 127 Å². The van der Waals surface area contributed by atoms with Gasteiger partial charge in [-0.05, 0) is 97.2 Å². The number of anilines is 1. The van der Waals surface area contributed by atoms with Crippen molar-refractivity contribution in [3.8, 4) is 17.6 Å². The number of likely N-dealkylation sites (tertiary alicyclic amines) is 1. The number of nitro benzene ring substituents is 1. The van der Waals surface area contributed by atoms with E-state index in [0.29, 0.717) is 61.0 Å². The van der Waals surface area contributed by atoms with Crippen molar-refractivity contribution in [1.82, 2.24) is 9.80 Å². The van der Waals surface area contributed by atoms with E-state index in [-0.39, 0.29) is 42.5 Å². The van der Waals surface area contributed by atoms with Crippen LogP contribution < -0.4 is 9.64 Å². The van der Waals surface area contributed by atoms with Gasteiger partial charge >= 0.3 is 12.1 Å². The number of rotatable bonds is 10. The quantitative estimate of drug-likeness (QED) is 0.0444. The third-order valence-electron chi connectivity index (χ3n) is 15.5. The highest BCUT2D eigenvalue weighted by Gasteiger charge is 2.76. The zero-order valence-electron chi connectivity index (χ0n) is 41.2. The number of morpholine rings is 1. The first-order valence-electron chi connectivity index (χ1n) is 25.9. The lowest BCUT2D eigenvalue weighted by molar-refractivity contribution is -0.384. The summed E-state index contributed by atoms with van der Waals surface area (Å²) in [5.41, 5.74) is -0.544. The Hall–Kier alpha value is -7.38. The highest BCUT2D eigenvalue weighted by Crippen LogP contribution is 2.67. The molecule has 1 aliphatic carbocycles. The molecule has 0 bridgehead atoms. The van der Waals surface area contributed by atoms with E-state index >= 15 is 19.2 Å². The summed E-state index contributed by atoms with van der Waals surface area (Å²) in [6, 6.07) is 32.9. The maximum absolute atomic E-state index is 16.9. The summed E-state index contributed by atoms with van der Waals surface area (Å²) in [5, 5.41) is 33.5. The summed E-state index contributed by atoms with van der Waals surface area (Å²) in [7, 11) is 0. The van der Waals surface area contributed by atoms with Crippen molar-refractivity contribution in [1.29, 1.82) is 0 Å². The molecule has 15 heteroatoms. The Labute approximate surface area is 430 Å². The minimum Gasteiger partial charge on any atom is -0.491 e. The van der Waals surface area contributed by atoms with Crippen LogP contribution in [0, 0.1) is 27.9 Å². The van der Waals surface area contributed by atoms with Crippen molar-refractivity contribution in [2.75, 3.05) is 31.2 Å². The number of para-hydroxylation sites is 1. The van der Waals surface area contributed by atoms with E-state index in [1.807, 2.05) is 65.6 Å². The van der Waals surface area contributed by atoms with Crippen LogP contribution in [-0.2, 0) is 35.9 Å². The maximum Gasteiger partial charge on any atom is 0.421 e. The average molecular weight is 1000 g/mol. The predicted molar refractivity (Wildman–Crippen MR) is 273 cm³/mol. The van der Waals surface area contributed by atoms with E-state index in [4.69, 9.17) is 14.2 Å². The smallest absolute Gasteiger partial charge is 0.421 e. The molecule has 0 aromatic heterocycles. The lowest BCUT2D eigenvalue weighted by atomic mass is 9.64. The second-order valence-corrected chi connectivity index (χ2v) is 20.0.